The quantitative estimate of drug-likeness (QED) is 0.766. The van der Waals surface area contributed by atoms with Crippen LogP contribution in [0, 0.1) is 5.92 Å². The van der Waals surface area contributed by atoms with E-state index in [0.717, 1.165) is 11.8 Å². The van der Waals surface area contributed by atoms with Crippen LogP contribution in [0.5, 0.6) is 0 Å². The van der Waals surface area contributed by atoms with Crippen LogP contribution in [0.4, 0.5) is 5.69 Å². The van der Waals surface area contributed by atoms with Gasteiger partial charge < -0.3 is 10.2 Å². The number of sulfone groups is 1. The summed E-state index contributed by atoms with van der Waals surface area (Å²) in [5, 5.41) is 2.69. The number of likely N-dealkylation sites (N-methyl/N-ethyl adjacent to an activating group) is 1. The number of carbonyl (C=O) groups is 2. The minimum Gasteiger partial charge on any atom is -0.344 e. The van der Waals surface area contributed by atoms with Gasteiger partial charge in [-0.3, -0.25) is 9.59 Å². The highest BCUT2D eigenvalue weighted by Crippen LogP contribution is 2.42. The average molecular weight is 413 g/mol. The predicted molar refractivity (Wildman–Crippen MR) is 110 cm³/mol. The minimum absolute atomic E-state index is 0.0411. The third kappa shape index (κ3) is 3.92. The number of nitrogens with zero attached hydrogens (tertiary/aromatic N) is 1. The Balaban J connectivity index is 1.64. The first-order valence-electron chi connectivity index (χ1n) is 9.70. The average Bonchev–Trinajstić information content (AvgIpc) is 3.48. The molecule has 0 unspecified atom stereocenters. The third-order valence-electron chi connectivity index (χ3n) is 5.73. The molecule has 2 amide bonds. The molecular formula is C22H24N2O4S. The van der Waals surface area contributed by atoms with E-state index in [1.165, 1.54) is 24.5 Å². The summed E-state index contributed by atoms with van der Waals surface area (Å²) in [7, 11) is -1.82. The van der Waals surface area contributed by atoms with Crippen LogP contribution in [-0.4, -0.2) is 45.0 Å². The van der Waals surface area contributed by atoms with Crippen LogP contribution in [0.1, 0.15) is 35.8 Å². The first kappa shape index (κ1) is 19.6. The van der Waals surface area contributed by atoms with Crippen LogP contribution >= 0.6 is 0 Å². The fourth-order valence-corrected chi connectivity index (χ4v) is 4.90. The van der Waals surface area contributed by atoms with Crippen molar-refractivity contribution in [3.05, 3.63) is 59.7 Å². The summed E-state index contributed by atoms with van der Waals surface area (Å²) in [5.41, 5.74) is 2.43. The van der Waals surface area contributed by atoms with E-state index in [9.17, 15) is 18.0 Å². The highest BCUT2D eigenvalue weighted by atomic mass is 32.2. The van der Waals surface area contributed by atoms with Gasteiger partial charge in [-0.1, -0.05) is 36.4 Å². The summed E-state index contributed by atoms with van der Waals surface area (Å²) in [6.07, 6.45) is 3.46. The molecule has 1 saturated heterocycles. The van der Waals surface area contributed by atoms with Crippen molar-refractivity contribution >= 4 is 27.3 Å². The second-order valence-electron chi connectivity index (χ2n) is 8.00. The number of hydrogen-bond donors (Lipinski definition) is 1. The SMILES string of the molecule is CN1C[C@H](c2cccc(C3CC3)c2)[C@@H](C(=O)Nc2ccccc2S(C)(=O)=O)C1=O. The third-order valence-corrected chi connectivity index (χ3v) is 6.88. The van der Waals surface area contributed by atoms with Gasteiger partial charge in [0, 0.05) is 25.8 Å². The molecular weight excluding hydrogens is 388 g/mol. The van der Waals surface area contributed by atoms with Crippen molar-refractivity contribution in [2.75, 3.05) is 25.2 Å². The summed E-state index contributed by atoms with van der Waals surface area (Å²) >= 11 is 0. The summed E-state index contributed by atoms with van der Waals surface area (Å²) < 4.78 is 24.1. The van der Waals surface area contributed by atoms with E-state index in [1.807, 2.05) is 12.1 Å². The van der Waals surface area contributed by atoms with Gasteiger partial charge in [0.2, 0.25) is 11.8 Å². The molecule has 2 aromatic rings. The number of anilines is 1. The highest BCUT2D eigenvalue weighted by molar-refractivity contribution is 7.90. The van der Waals surface area contributed by atoms with E-state index >= 15 is 0 Å². The largest absolute Gasteiger partial charge is 0.344 e. The first-order chi connectivity index (χ1) is 13.8. The van der Waals surface area contributed by atoms with Gasteiger partial charge in [-0.25, -0.2) is 8.42 Å². The molecule has 0 bridgehead atoms. The van der Waals surface area contributed by atoms with E-state index in [2.05, 4.69) is 17.4 Å². The molecule has 1 heterocycles. The fourth-order valence-electron chi connectivity index (χ4n) is 4.06. The Hall–Kier alpha value is -2.67. The van der Waals surface area contributed by atoms with Crippen molar-refractivity contribution < 1.29 is 18.0 Å². The van der Waals surface area contributed by atoms with Crippen LogP contribution in [0.2, 0.25) is 0 Å². The molecule has 2 aromatic carbocycles. The molecule has 1 saturated carbocycles. The number of benzene rings is 2. The van der Waals surface area contributed by atoms with Crippen LogP contribution in [-0.2, 0) is 19.4 Å². The molecule has 152 valence electrons. The Labute approximate surface area is 170 Å². The van der Waals surface area contributed by atoms with Gasteiger partial charge in [0.25, 0.3) is 0 Å². The second-order valence-corrected chi connectivity index (χ2v) is 9.99. The number of amides is 2. The Morgan fingerprint density at radius 1 is 1.07 bits per heavy atom. The molecule has 7 heteroatoms. The standard InChI is InChI=1S/C22H24N2O4S/c1-24-13-17(16-7-5-6-15(12-16)14-10-11-14)20(22(24)26)21(25)23-18-8-3-4-9-19(18)29(2,27)28/h3-9,12,14,17,20H,10-11,13H2,1-2H3,(H,23,25)/t17-,20+/m1/s1. The summed E-state index contributed by atoms with van der Waals surface area (Å²) in [4.78, 5) is 27.5. The topological polar surface area (TPSA) is 83.6 Å². The Kier molecular flexibility index (Phi) is 4.94. The number of rotatable bonds is 5. The zero-order chi connectivity index (χ0) is 20.8. The van der Waals surface area contributed by atoms with E-state index in [1.54, 1.807) is 30.1 Å². The van der Waals surface area contributed by atoms with Crippen molar-refractivity contribution in [2.24, 2.45) is 5.92 Å². The molecule has 0 aromatic heterocycles. The van der Waals surface area contributed by atoms with Gasteiger partial charge in [-0.05, 0) is 42.0 Å². The molecule has 2 atom stereocenters. The van der Waals surface area contributed by atoms with Crippen molar-refractivity contribution in [3.8, 4) is 0 Å². The number of nitrogens with one attached hydrogen (secondary N) is 1. The molecule has 0 spiro atoms. The highest BCUT2D eigenvalue weighted by Gasteiger charge is 2.44. The molecule has 2 fully saturated rings. The van der Waals surface area contributed by atoms with Crippen molar-refractivity contribution in [3.63, 3.8) is 0 Å². The summed E-state index contributed by atoms with van der Waals surface area (Å²) in [6.45, 7) is 0.457. The van der Waals surface area contributed by atoms with Crippen LogP contribution in [0.25, 0.3) is 0 Å². The van der Waals surface area contributed by atoms with Crippen LogP contribution in [0.15, 0.2) is 53.4 Å². The van der Waals surface area contributed by atoms with Gasteiger partial charge in [-0.2, -0.15) is 0 Å². The maximum atomic E-state index is 13.1. The van der Waals surface area contributed by atoms with Gasteiger partial charge in [0.15, 0.2) is 9.84 Å². The van der Waals surface area contributed by atoms with Crippen molar-refractivity contribution in [1.82, 2.24) is 4.90 Å². The Morgan fingerprint density at radius 3 is 2.45 bits per heavy atom. The number of hydrogen-bond acceptors (Lipinski definition) is 4. The van der Waals surface area contributed by atoms with Crippen LogP contribution < -0.4 is 5.32 Å². The lowest BCUT2D eigenvalue weighted by molar-refractivity contribution is -0.135. The van der Waals surface area contributed by atoms with Gasteiger partial charge in [0.1, 0.15) is 5.92 Å². The maximum absolute atomic E-state index is 13.1. The number of likely N-dealkylation sites (tertiary alicyclic amines) is 1. The van der Waals surface area contributed by atoms with Gasteiger partial charge in [0.05, 0.1) is 10.6 Å². The Bertz CT molecular complexity index is 1080. The molecule has 0 radical (unpaired) electrons. The Morgan fingerprint density at radius 2 is 1.76 bits per heavy atom. The predicted octanol–water partition coefficient (Wildman–Crippen LogP) is 2.78. The lowest BCUT2D eigenvalue weighted by atomic mass is 9.86. The van der Waals surface area contributed by atoms with E-state index in [-0.39, 0.29) is 22.4 Å². The zero-order valence-corrected chi connectivity index (χ0v) is 17.3. The lowest BCUT2D eigenvalue weighted by Gasteiger charge is -2.18. The number of carbonyl (C=O) groups excluding carboxylic acids is 2. The summed E-state index contributed by atoms with van der Waals surface area (Å²) in [5.74, 6) is -1.30. The lowest BCUT2D eigenvalue weighted by Crippen LogP contribution is -2.33. The number of para-hydroxylation sites is 1. The van der Waals surface area contributed by atoms with Crippen molar-refractivity contribution in [2.45, 2.75) is 29.6 Å². The molecule has 6 nitrogen and oxygen atoms in total. The molecule has 1 N–H and O–H groups in total. The molecule has 1 aliphatic heterocycles. The molecule has 29 heavy (non-hydrogen) atoms. The smallest absolute Gasteiger partial charge is 0.237 e. The molecule has 4 rings (SSSR count). The van der Waals surface area contributed by atoms with Gasteiger partial charge >= 0.3 is 0 Å². The second kappa shape index (κ2) is 7.30. The summed E-state index contributed by atoms with van der Waals surface area (Å²) in [6, 6.07) is 14.4. The van der Waals surface area contributed by atoms with E-state index < -0.39 is 21.7 Å². The fraction of sp³-hybridized carbons (Fsp3) is 0.364. The van der Waals surface area contributed by atoms with Crippen LogP contribution in [0.3, 0.4) is 0 Å². The monoisotopic (exact) mass is 412 g/mol. The van der Waals surface area contributed by atoms with E-state index in [0.29, 0.717) is 12.5 Å². The first-order valence-corrected chi connectivity index (χ1v) is 11.6. The molecule has 2 aliphatic rings. The minimum atomic E-state index is -3.51. The van der Waals surface area contributed by atoms with Gasteiger partial charge in [-0.15, -0.1) is 0 Å². The molecule has 1 aliphatic carbocycles. The van der Waals surface area contributed by atoms with E-state index in [4.69, 9.17) is 0 Å². The normalized spacial score (nSPS) is 22.0. The zero-order valence-electron chi connectivity index (χ0n) is 16.5. The maximum Gasteiger partial charge on any atom is 0.237 e. The van der Waals surface area contributed by atoms with Crippen molar-refractivity contribution in [1.29, 1.82) is 0 Å².